The van der Waals surface area contributed by atoms with E-state index in [4.69, 9.17) is 0 Å². The molecule has 0 atom stereocenters. The summed E-state index contributed by atoms with van der Waals surface area (Å²) in [4.78, 5) is 0. The molecule has 0 aliphatic heterocycles. The molecule has 0 heterocycles. The van der Waals surface area contributed by atoms with Gasteiger partial charge in [-0.05, 0) is 68.8 Å². The highest BCUT2D eigenvalue weighted by Gasteiger charge is 2.39. The van der Waals surface area contributed by atoms with Crippen molar-refractivity contribution in [3.63, 3.8) is 0 Å². The van der Waals surface area contributed by atoms with E-state index in [2.05, 4.69) is 0 Å². The molecule has 0 saturated carbocycles. The molecule has 77 heavy (non-hydrogen) atoms. The average molecular weight is 1090 g/mol. The van der Waals surface area contributed by atoms with Crippen LogP contribution in [0.5, 0.6) is 0 Å². The molecular formula is C57H24F20. The molecule has 0 saturated heterocycles. The first-order chi connectivity index (χ1) is 36.5. The highest BCUT2D eigenvalue weighted by Crippen LogP contribution is 2.46. The Morgan fingerprint density at radius 1 is 0.169 bits per heavy atom. The Morgan fingerprint density at radius 3 is 0.442 bits per heavy atom. The average Bonchev–Trinajstić information content (AvgIpc) is 3.44. The van der Waals surface area contributed by atoms with Gasteiger partial charge >= 0.3 is 0 Å². The van der Waals surface area contributed by atoms with Gasteiger partial charge in [0.25, 0.3) is 0 Å². The molecule has 0 aliphatic carbocycles. The van der Waals surface area contributed by atoms with Crippen molar-refractivity contribution in [2.24, 2.45) is 0 Å². The maximum atomic E-state index is 14.6. The van der Waals surface area contributed by atoms with Gasteiger partial charge in [0.15, 0.2) is 93.1 Å². The number of hydrogen-bond acceptors (Lipinski definition) is 0. The number of halogens is 20. The van der Waals surface area contributed by atoms with Crippen LogP contribution in [0.15, 0.2) is 97.1 Å². The zero-order chi connectivity index (χ0) is 55.9. The third-order valence-electron chi connectivity index (χ3n) is 12.1. The third-order valence-corrected chi connectivity index (χ3v) is 12.1. The lowest BCUT2D eigenvalue weighted by atomic mass is 9.64. The standard InChI is InChI=1S/C57H24F20/c58-37-33(38(59)46(67)53(74)45(37)66)21-9-25-1-13-29(14-2-25)57(30-15-3-26(4-16-30)10-22-34-39(60)47(68)54(75)48(69)40(34)61,31-17-5-27(6-18-31)11-23-35-41(62)49(70)55(76)50(71)42(35)63)32-19-7-28(8-20-32)12-24-36-43(64)51(72)56(77)52(73)44(36)65/h1-24H/b21-9+,22-10+,23-11+,24-12+. The van der Waals surface area contributed by atoms with Crippen LogP contribution in [-0.4, -0.2) is 0 Å². The Bertz CT molecular complexity index is 3150. The third kappa shape index (κ3) is 9.79. The molecule has 20 heteroatoms. The minimum atomic E-state index is -2.40. The highest BCUT2D eigenvalue weighted by molar-refractivity contribution is 5.75. The molecule has 8 aromatic rings. The molecule has 0 radical (unpaired) electrons. The Labute approximate surface area is 421 Å². The van der Waals surface area contributed by atoms with Crippen LogP contribution in [0, 0.1) is 116 Å². The second-order valence-electron chi connectivity index (χ2n) is 16.5. The summed E-state index contributed by atoms with van der Waals surface area (Å²) in [5.41, 5.74) is -5.58. The maximum absolute atomic E-state index is 14.6. The summed E-state index contributed by atoms with van der Waals surface area (Å²) in [6.07, 6.45) is 6.39. The largest absolute Gasteiger partial charge is 0.203 e. The van der Waals surface area contributed by atoms with Gasteiger partial charge in [0.05, 0.1) is 27.7 Å². The van der Waals surface area contributed by atoms with E-state index in [0.717, 1.165) is 24.3 Å². The quantitative estimate of drug-likeness (QED) is 0.0376. The number of rotatable bonds is 12. The molecule has 0 aliphatic rings. The van der Waals surface area contributed by atoms with Crippen LogP contribution in [0.4, 0.5) is 87.8 Å². The van der Waals surface area contributed by atoms with Crippen molar-refractivity contribution < 1.29 is 87.8 Å². The van der Waals surface area contributed by atoms with Crippen LogP contribution in [0.2, 0.25) is 0 Å². The van der Waals surface area contributed by atoms with Gasteiger partial charge in [-0.15, -0.1) is 0 Å². The molecule has 8 rings (SSSR count). The van der Waals surface area contributed by atoms with E-state index in [1.54, 1.807) is 0 Å². The summed E-state index contributed by atoms with van der Waals surface area (Å²) in [5.74, 6) is -44.5. The fourth-order valence-electron chi connectivity index (χ4n) is 8.17. The van der Waals surface area contributed by atoms with Crippen molar-refractivity contribution in [3.8, 4) is 0 Å². The Morgan fingerprint density at radius 2 is 0.299 bits per heavy atom. The van der Waals surface area contributed by atoms with E-state index in [9.17, 15) is 87.8 Å². The van der Waals surface area contributed by atoms with Crippen molar-refractivity contribution in [3.05, 3.63) is 280 Å². The van der Waals surface area contributed by atoms with Crippen molar-refractivity contribution in [2.45, 2.75) is 5.41 Å². The van der Waals surface area contributed by atoms with Crippen molar-refractivity contribution in [2.75, 3.05) is 0 Å². The van der Waals surface area contributed by atoms with Crippen LogP contribution in [0.1, 0.15) is 66.8 Å². The molecule has 0 amide bonds. The summed E-state index contributed by atoms with van der Waals surface area (Å²) < 4.78 is 284. The molecule has 0 bridgehead atoms. The van der Waals surface area contributed by atoms with E-state index in [0.29, 0.717) is 24.3 Å². The summed E-state index contributed by atoms with van der Waals surface area (Å²) in [5, 5.41) is 0. The van der Waals surface area contributed by atoms with Gasteiger partial charge in [0, 0.05) is 0 Å². The van der Waals surface area contributed by atoms with Crippen LogP contribution < -0.4 is 0 Å². The fourth-order valence-corrected chi connectivity index (χ4v) is 8.17. The molecule has 0 nitrogen and oxygen atoms in total. The van der Waals surface area contributed by atoms with Crippen LogP contribution in [0.3, 0.4) is 0 Å². The van der Waals surface area contributed by atoms with E-state index >= 15 is 0 Å². The number of hydrogen-bond donors (Lipinski definition) is 0. The zero-order valence-corrected chi connectivity index (χ0v) is 37.9. The predicted molar refractivity (Wildman–Crippen MR) is 245 cm³/mol. The van der Waals surface area contributed by atoms with E-state index < -0.39 is 144 Å². The topological polar surface area (TPSA) is 0 Å². The summed E-state index contributed by atoms with van der Waals surface area (Å²) >= 11 is 0. The van der Waals surface area contributed by atoms with Crippen LogP contribution in [-0.2, 0) is 5.41 Å². The molecule has 8 aromatic carbocycles. The van der Waals surface area contributed by atoms with Gasteiger partial charge in [-0.2, -0.15) is 0 Å². The predicted octanol–water partition coefficient (Wildman–Crippen LogP) is 17.5. The normalized spacial score (nSPS) is 12.2. The zero-order valence-electron chi connectivity index (χ0n) is 37.9. The van der Waals surface area contributed by atoms with E-state index in [1.807, 2.05) is 0 Å². The smallest absolute Gasteiger partial charge is 0.200 e. The Kier molecular flexibility index (Phi) is 15.2. The minimum absolute atomic E-state index is 0.0856. The molecular weight excluding hydrogens is 1060 g/mol. The lowest BCUT2D eigenvalue weighted by Gasteiger charge is -2.37. The first-order valence-electron chi connectivity index (χ1n) is 21.7. The second kappa shape index (κ2) is 21.5. The molecule has 0 spiro atoms. The molecule has 0 fully saturated rings. The van der Waals surface area contributed by atoms with Gasteiger partial charge in [0.1, 0.15) is 0 Å². The van der Waals surface area contributed by atoms with E-state index in [1.165, 1.54) is 97.1 Å². The molecule has 0 N–H and O–H groups in total. The van der Waals surface area contributed by atoms with Gasteiger partial charge < -0.3 is 0 Å². The van der Waals surface area contributed by atoms with Gasteiger partial charge in [-0.1, -0.05) is 121 Å². The van der Waals surface area contributed by atoms with Gasteiger partial charge in [-0.3, -0.25) is 0 Å². The van der Waals surface area contributed by atoms with Crippen molar-refractivity contribution >= 4 is 48.6 Å². The van der Waals surface area contributed by atoms with Crippen LogP contribution >= 0.6 is 0 Å². The summed E-state index contributed by atoms with van der Waals surface area (Å²) in [6, 6.07) is 22.0. The SMILES string of the molecule is Fc1c(F)c(F)c(/C=C/c2ccc(C(c3ccc(/C=C/c4c(F)c(F)c(F)c(F)c4F)cc3)(c3ccc(/C=C/c4c(F)c(F)c(F)c(F)c4F)cc3)c3ccc(/C=C/c4c(F)c(F)c(F)c(F)c4F)cc3)cc2)c(F)c1F. The van der Waals surface area contributed by atoms with Gasteiger partial charge in [-0.25, -0.2) is 87.8 Å². The lowest BCUT2D eigenvalue weighted by Crippen LogP contribution is -2.31. The number of benzene rings is 8. The van der Waals surface area contributed by atoms with Gasteiger partial charge in [0.2, 0.25) is 23.3 Å². The second-order valence-corrected chi connectivity index (χ2v) is 16.5. The lowest BCUT2D eigenvalue weighted by molar-refractivity contribution is 0.377. The Balaban J connectivity index is 1.31. The maximum Gasteiger partial charge on any atom is 0.200 e. The summed E-state index contributed by atoms with van der Waals surface area (Å²) in [7, 11) is 0. The van der Waals surface area contributed by atoms with Crippen molar-refractivity contribution in [1.29, 1.82) is 0 Å². The summed E-state index contributed by atoms with van der Waals surface area (Å²) in [6.45, 7) is 0. The first kappa shape index (κ1) is 54.6. The molecule has 0 unspecified atom stereocenters. The minimum Gasteiger partial charge on any atom is -0.203 e. The van der Waals surface area contributed by atoms with E-state index in [-0.39, 0.29) is 44.5 Å². The van der Waals surface area contributed by atoms with Crippen molar-refractivity contribution in [1.82, 2.24) is 0 Å². The van der Waals surface area contributed by atoms with Crippen LogP contribution in [0.25, 0.3) is 48.6 Å². The highest BCUT2D eigenvalue weighted by atomic mass is 19.2. The first-order valence-corrected chi connectivity index (χ1v) is 21.7. The monoisotopic (exact) mass is 1090 g/mol. The Hall–Kier alpha value is -8.68. The fraction of sp³-hybridized carbons (Fsp3) is 0.0175. The molecule has 0 aromatic heterocycles. The molecule has 392 valence electrons.